The molecule has 1 aliphatic rings. The van der Waals surface area contributed by atoms with E-state index in [4.69, 9.17) is 4.42 Å². The third-order valence-electron chi connectivity index (χ3n) is 5.19. The molecule has 7 nitrogen and oxygen atoms in total. The van der Waals surface area contributed by atoms with E-state index in [-0.39, 0.29) is 23.5 Å². The largest absolute Gasteiger partial charge is 0.445 e. The summed E-state index contributed by atoms with van der Waals surface area (Å²) in [5, 5.41) is 3.07. The van der Waals surface area contributed by atoms with Gasteiger partial charge in [-0.05, 0) is 37.5 Å². The highest BCUT2D eigenvalue weighted by Crippen LogP contribution is 2.30. The fourth-order valence-electron chi connectivity index (χ4n) is 3.70. The lowest BCUT2D eigenvalue weighted by molar-refractivity contribution is -0.114. The Morgan fingerprint density at radius 1 is 1.32 bits per heavy atom. The van der Waals surface area contributed by atoms with Gasteiger partial charge in [0.2, 0.25) is 5.91 Å². The lowest BCUT2D eigenvalue weighted by atomic mass is 9.98. The molecule has 1 N–H and O–H groups in total. The molecular weight excluding hydrogens is 419 g/mol. The SMILES string of the molecule is CC(=O)Nc1nc(C)c(C(=O)N2CCC[C@H](c3ncc(Cc4ccc(F)cc4)o3)C2)s1. The van der Waals surface area contributed by atoms with Crippen molar-refractivity contribution in [1.82, 2.24) is 14.9 Å². The number of thiazole rings is 1. The van der Waals surface area contributed by atoms with Gasteiger partial charge in [-0.15, -0.1) is 0 Å². The quantitative estimate of drug-likeness (QED) is 0.641. The standard InChI is InChI=1S/C22H23FN4O3S/c1-13-19(31-22(25-13)26-14(2)28)21(29)27-9-3-4-16(12-27)20-24-11-18(30-20)10-15-5-7-17(23)8-6-15/h5-8,11,16H,3-4,9-10,12H2,1-2H3,(H,25,26,28)/t16-/m0/s1. The Balaban J connectivity index is 1.43. The van der Waals surface area contributed by atoms with E-state index in [0.29, 0.717) is 46.9 Å². The highest BCUT2D eigenvalue weighted by Gasteiger charge is 2.30. The molecule has 0 saturated carbocycles. The van der Waals surface area contributed by atoms with Crippen LogP contribution in [0.15, 0.2) is 34.9 Å². The first-order valence-corrected chi connectivity index (χ1v) is 10.9. The highest BCUT2D eigenvalue weighted by molar-refractivity contribution is 7.17. The molecular formula is C22H23FN4O3S. The minimum absolute atomic E-state index is 0.0164. The van der Waals surface area contributed by atoms with Crippen molar-refractivity contribution in [3.63, 3.8) is 0 Å². The van der Waals surface area contributed by atoms with Gasteiger partial charge in [-0.3, -0.25) is 9.59 Å². The van der Waals surface area contributed by atoms with E-state index in [1.807, 2.05) is 0 Å². The molecule has 0 aliphatic carbocycles. The first-order chi connectivity index (χ1) is 14.9. The van der Waals surface area contributed by atoms with E-state index in [1.54, 1.807) is 30.2 Å². The van der Waals surface area contributed by atoms with Gasteiger partial charge in [0.15, 0.2) is 11.0 Å². The Morgan fingerprint density at radius 2 is 2.10 bits per heavy atom. The van der Waals surface area contributed by atoms with Crippen molar-refractivity contribution in [2.45, 2.75) is 39.0 Å². The van der Waals surface area contributed by atoms with Gasteiger partial charge in [-0.25, -0.2) is 14.4 Å². The summed E-state index contributed by atoms with van der Waals surface area (Å²) in [7, 11) is 0. The van der Waals surface area contributed by atoms with Gasteiger partial charge in [-0.2, -0.15) is 0 Å². The van der Waals surface area contributed by atoms with Gasteiger partial charge < -0.3 is 14.6 Å². The third kappa shape index (κ3) is 4.99. The molecule has 3 aromatic rings. The lowest BCUT2D eigenvalue weighted by Crippen LogP contribution is -2.39. The van der Waals surface area contributed by atoms with Crippen molar-refractivity contribution in [3.05, 3.63) is 64.1 Å². The Hall–Kier alpha value is -3.07. The van der Waals surface area contributed by atoms with E-state index < -0.39 is 0 Å². The molecule has 9 heteroatoms. The Bertz CT molecular complexity index is 1090. The monoisotopic (exact) mass is 442 g/mol. The number of aromatic nitrogens is 2. The average Bonchev–Trinajstić information content (AvgIpc) is 3.35. The van der Waals surface area contributed by atoms with Crippen molar-refractivity contribution < 1.29 is 18.4 Å². The second-order valence-corrected chi connectivity index (χ2v) is 8.67. The molecule has 1 aliphatic heterocycles. The summed E-state index contributed by atoms with van der Waals surface area (Å²) in [6, 6.07) is 6.31. The van der Waals surface area contributed by atoms with Crippen molar-refractivity contribution in [2.75, 3.05) is 18.4 Å². The Morgan fingerprint density at radius 3 is 2.84 bits per heavy atom. The van der Waals surface area contributed by atoms with Crippen LogP contribution < -0.4 is 5.32 Å². The van der Waals surface area contributed by atoms with Crippen LogP contribution in [0.25, 0.3) is 0 Å². The average molecular weight is 443 g/mol. The number of nitrogens with one attached hydrogen (secondary N) is 1. The van der Waals surface area contributed by atoms with Crippen LogP contribution in [0, 0.1) is 12.7 Å². The zero-order chi connectivity index (χ0) is 22.0. The maximum Gasteiger partial charge on any atom is 0.265 e. The van der Waals surface area contributed by atoms with E-state index in [2.05, 4.69) is 15.3 Å². The molecule has 0 radical (unpaired) electrons. The number of halogens is 1. The molecule has 1 saturated heterocycles. The number of aryl methyl sites for hydroxylation is 1. The Labute approximate surface area is 183 Å². The number of nitrogens with zero attached hydrogens (tertiary/aromatic N) is 3. The minimum atomic E-state index is -0.269. The fraction of sp³-hybridized carbons (Fsp3) is 0.364. The molecule has 31 heavy (non-hydrogen) atoms. The van der Waals surface area contributed by atoms with E-state index in [1.165, 1.54) is 30.4 Å². The maximum absolute atomic E-state index is 13.1. The highest BCUT2D eigenvalue weighted by atomic mass is 32.1. The van der Waals surface area contributed by atoms with Gasteiger partial charge >= 0.3 is 0 Å². The van der Waals surface area contributed by atoms with E-state index in [0.717, 1.165) is 18.4 Å². The van der Waals surface area contributed by atoms with Crippen LogP contribution in [0.5, 0.6) is 0 Å². The zero-order valence-electron chi connectivity index (χ0n) is 17.4. The second-order valence-electron chi connectivity index (χ2n) is 7.67. The molecule has 1 atom stereocenters. The molecule has 162 valence electrons. The predicted octanol–water partition coefficient (Wildman–Crippen LogP) is 4.15. The molecule has 0 spiro atoms. The summed E-state index contributed by atoms with van der Waals surface area (Å²) in [6.45, 7) is 4.36. The molecule has 2 aromatic heterocycles. The smallest absolute Gasteiger partial charge is 0.265 e. The van der Waals surface area contributed by atoms with Crippen LogP contribution in [0.3, 0.4) is 0 Å². The lowest BCUT2D eigenvalue weighted by Gasteiger charge is -2.31. The summed E-state index contributed by atoms with van der Waals surface area (Å²) < 4.78 is 19.1. The van der Waals surface area contributed by atoms with E-state index in [9.17, 15) is 14.0 Å². The minimum Gasteiger partial charge on any atom is -0.445 e. The number of oxazole rings is 1. The molecule has 3 heterocycles. The molecule has 4 rings (SSSR count). The number of rotatable bonds is 5. The summed E-state index contributed by atoms with van der Waals surface area (Å²) >= 11 is 1.19. The molecule has 1 fully saturated rings. The van der Waals surface area contributed by atoms with Gasteiger partial charge in [-0.1, -0.05) is 23.5 Å². The number of carbonyl (C=O) groups excluding carboxylic acids is 2. The second kappa shape index (κ2) is 8.97. The number of amides is 2. The van der Waals surface area contributed by atoms with Gasteiger partial charge in [0.1, 0.15) is 16.5 Å². The Kier molecular flexibility index (Phi) is 6.13. The third-order valence-corrected chi connectivity index (χ3v) is 6.26. The van der Waals surface area contributed by atoms with Crippen molar-refractivity contribution in [3.8, 4) is 0 Å². The predicted molar refractivity (Wildman–Crippen MR) is 115 cm³/mol. The van der Waals surface area contributed by atoms with Crippen molar-refractivity contribution >= 4 is 28.3 Å². The molecule has 1 aromatic carbocycles. The first-order valence-electron chi connectivity index (χ1n) is 10.1. The van der Waals surface area contributed by atoms with Crippen LogP contribution in [0.2, 0.25) is 0 Å². The number of carbonyl (C=O) groups is 2. The molecule has 2 amide bonds. The summed E-state index contributed by atoms with van der Waals surface area (Å²) in [6.07, 6.45) is 3.97. The van der Waals surface area contributed by atoms with Crippen molar-refractivity contribution in [2.24, 2.45) is 0 Å². The van der Waals surface area contributed by atoms with Crippen LogP contribution in [0.4, 0.5) is 9.52 Å². The zero-order valence-corrected chi connectivity index (χ0v) is 18.2. The van der Waals surface area contributed by atoms with Crippen LogP contribution in [-0.2, 0) is 11.2 Å². The number of hydrogen-bond acceptors (Lipinski definition) is 6. The maximum atomic E-state index is 13.1. The van der Waals surface area contributed by atoms with Crippen LogP contribution in [-0.4, -0.2) is 39.8 Å². The van der Waals surface area contributed by atoms with Crippen molar-refractivity contribution in [1.29, 1.82) is 0 Å². The number of hydrogen-bond donors (Lipinski definition) is 1. The number of likely N-dealkylation sites (tertiary alicyclic amines) is 1. The van der Waals surface area contributed by atoms with Gasteiger partial charge in [0, 0.05) is 26.4 Å². The fourth-order valence-corrected chi connectivity index (χ4v) is 4.68. The normalized spacial score (nSPS) is 16.4. The molecule has 0 bridgehead atoms. The number of piperidine rings is 1. The molecule has 0 unspecified atom stereocenters. The summed E-state index contributed by atoms with van der Waals surface area (Å²) in [5.41, 5.74) is 1.55. The number of benzene rings is 1. The summed E-state index contributed by atoms with van der Waals surface area (Å²) in [5.74, 6) is 0.774. The summed E-state index contributed by atoms with van der Waals surface area (Å²) in [4.78, 5) is 35.4. The van der Waals surface area contributed by atoms with Crippen LogP contribution in [0.1, 0.15) is 58.3 Å². The van der Waals surface area contributed by atoms with Gasteiger partial charge in [0.05, 0.1) is 17.8 Å². The topological polar surface area (TPSA) is 88.3 Å². The van der Waals surface area contributed by atoms with Crippen LogP contribution >= 0.6 is 11.3 Å². The first kappa shape index (κ1) is 21.2. The number of anilines is 1. The van der Waals surface area contributed by atoms with Gasteiger partial charge in [0.25, 0.3) is 5.91 Å². The van der Waals surface area contributed by atoms with E-state index >= 15 is 0 Å².